The molecule has 1 heterocycles. The molecule has 1 fully saturated rings. The Kier molecular flexibility index (Phi) is 8.42. The Bertz CT molecular complexity index is 1060. The second-order valence-electron chi connectivity index (χ2n) is 7.52. The summed E-state index contributed by atoms with van der Waals surface area (Å²) < 4.78 is 10.6. The lowest BCUT2D eigenvalue weighted by Crippen LogP contribution is -2.50. The molecule has 9 nitrogen and oxygen atoms in total. The predicted octanol–water partition coefficient (Wildman–Crippen LogP) is 2.51. The molecule has 0 spiro atoms. The summed E-state index contributed by atoms with van der Waals surface area (Å²) in [7, 11) is 1.57. The number of hydrazine groups is 1. The van der Waals surface area contributed by atoms with Gasteiger partial charge in [-0.25, -0.2) is 5.01 Å². The van der Waals surface area contributed by atoms with E-state index in [4.69, 9.17) is 21.7 Å². The number of carbonyl (C=O) groups excluding carboxylic acids is 3. The highest BCUT2D eigenvalue weighted by molar-refractivity contribution is 7.80. The van der Waals surface area contributed by atoms with E-state index >= 15 is 0 Å². The molecule has 2 N–H and O–H groups in total. The Balaban J connectivity index is 1.68. The fourth-order valence-corrected chi connectivity index (χ4v) is 3.96. The van der Waals surface area contributed by atoms with Crippen molar-refractivity contribution in [3.05, 3.63) is 54.1 Å². The first-order valence-electron chi connectivity index (χ1n) is 11.0. The van der Waals surface area contributed by atoms with Gasteiger partial charge in [-0.15, -0.1) is 0 Å². The topological polar surface area (TPSA) is 100 Å². The monoisotopic (exact) mass is 484 g/mol. The van der Waals surface area contributed by atoms with E-state index in [1.807, 2.05) is 6.92 Å². The number of benzene rings is 2. The van der Waals surface area contributed by atoms with E-state index in [2.05, 4.69) is 10.7 Å². The van der Waals surface area contributed by atoms with Crippen molar-refractivity contribution in [2.45, 2.75) is 32.7 Å². The average molecular weight is 485 g/mol. The van der Waals surface area contributed by atoms with Gasteiger partial charge in [0.05, 0.1) is 26.6 Å². The van der Waals surface area contributed by atoms with E-state index in [1.54, 1.807) is 62.6 Å². The Morgan fingerprint density at radius 1 is 1.06 bits per heavy atom. The fraction of sp³-hybridized carbons (Fsp3) is 0.333. The smallest absolute Gasteiger partial charge is 0.254 e. The molecule has 0 saturated carbocycles. The van der Waals surface area contributed by atoms with Crippen molar-refractivity contribution in [2.24, 2.45) is 0 Å². The van der Waals surface area contributed by atoms with Crippen LogP contribution in [0.2, 0.25) is 0 Å². The zero-order valence-electron chi connectivity index (χ0n) is 19.4. The number of rotatable bonds is 10. The highest BCUT2D eigenvalue weighted by Gasteiger charge is 2.43. The van der Waals surface area contributed by atoms with E-state index < -0.39 is 6.04 Å². The number of hydrogen-bond donors (Lipinski definition) is 2. The van der Waals surface area contributed by atoms with Crippen LogP contribution in [-0.4, -0.2) is 59.0 Å². The largest absolute Gasteiger partial charge is 0.497 e. The number of anilines is 1. The SMILES string of the molecule is CCOc1cccc(NC(=O)CC2C(=O)N(CC)C(=S)N2NC(=O)Cc2ccc(OC)cc2)c1. The van der Waals surface area contributed by atoms with Crippen molar-refractivity contribution in [3.63, 3.8) is 0 Å². The lowest BCUT2D eigenvalue weighted by atomic mass is 10.1. The fourth-order valence-electron chi connectivity index (χ4n) is 3.56. The van der Waals surface area contributed by atoms with Gasteiger partial charge in [0.25, 0.3) is 5.91 Å². The van der Waals surface area contributed by atoms with E-state index in [0.717, 1.165) is 5.56 Å². The molecule has 10 heteroatoms. The van der Waals surface area contributed by atoms with E-state index in [-0.39, 0.29) is 35.7 Å². The number of ether oxygens (including phenoxy) is 2. The number of nitrogens with zero attached hydrogens (tertiary/aromatic N) is 2. The summed E-state index contributed by atoms with van der Waals surface area (Å²) in [6.07, 6.45) is -0.107. The highest BCUT2D eigenvalue weighted by atomic mass is 32.1. The molecule has 180 valence electrons. The zero-order chi connectivity index (χ0) is 24.7. The summed E-state index contributed by atoms with van der Waals surface area (Å²) in [5.41, 5.74) is 4.02. The molecule has 2 aromatic carbocycles. The van der Waals surface area contributed by atoms with Gasteiger partial charge in [0.2, 0.25) is 11.8 Å². The van der Waals surface area contributed by atoms with Crippen LogP contribution in [0.1, 0.15) is 25.8 Å². The first-order valence-corrected chi connectivity index (χ1v) is 11.4. The van der Waals surface area contributed by atoms with Crippen LogP contribution in [0, 0.1) is 0 Å². The molecule has 3 amide bonds. The minimum atomic E-state index is -0.942. The van der Waals surface area contributed by atoms with Crippen LogP contribution >= 0.6 is 12.2 Å². The number of carbonyl (C=O) groups is 3. The highest BCUT2D eigenvalue weighted by Crippen LogP contribution is 2.21. The molecular formula is C24H28N4O5S. The number of hydrogen-bond acceptors (Lipinski definition) is 6. The summed E-state index contributed by atoms with van der Waals surface area (Å²) in [4.78, 5) is 39.8. The molecule has 34 heavy (non-hydrogen) atoms. The van der Waals surface area contributed by atoms with Crippen LogP contribution < -0.4 is 20.2 Å². The third-order valence-electron chi connectivity index (χ3n) is 5.19. The Morgan fingerprint density at radius 2 is 1.79 bits per heavy atom. The molecular weight excluding hydrogens is 456 g/mol. The summed E-state index contributed by atoms with van der Waals surface area (Å²) in [5, 5.41) is 4.24. The average Bonchev–Trinajstić information content (AvgIpc) is 3.03. The van der Waals surface area contributed by atoms with Crippen LogP contribution in [-0.2, 0) is 20.8 Å². The van der Waals surface area contributed by atoms with Crippen LogP contribution in [0.15, 0.2) is 48.5 Å². The van der Waals surface area contributed by atoms with Gasteiger partial charge in [-0.05, 0) is 55.9 Å². The van der Waals surface area contributed by atoms with E-state index in [0.29, 0.717) is 30.3 Å². The normalized spacial score (nSPS) is 15.3. The summed E-state index contributed by atoms with van der Waals surface area (Å²) in [5.74, 6) is 0.237. The molecule has 1 aliphatic heterocycles. The van der Waals surface area contributed by atoms with Crippen molar-refractivity contribution >= 4 is 40.7 Å². The lowest BCUT2D eigenvalue weighted by Gasteiger charge is -2.24. The molecule has 1 saturated heterocycles. The van der Waals surface area contributed by atoms with Gasteiger partial charge in [0.15, 0.2) is 5.11 Å². The first-order chi connectivity index (χ1) is 16.4. The standard InChI is InChI=1S/C24H28N4O5S/c1-4-27-23(31)20(15-21(29)25-17-7-6-8-19(14-17)33-5-2)28(24(27)34)26-22(30)13-16-9-11-18(32-3)12-10-16/h6-12,14,20H,4-5,13,15H2,1-3H3,(H,25,29)(H,26,30). The van der Waals surface area contributed by atoms with Gasteiger partial charge < -0.3 is 14.8 Å². The minimum absolute atomic E-state index is 0.0760. The quantitative estimate of drug-likeness (QED) is 0.500. The maximum absolute atomic E-state index is 12.9. The lowest BCUT2D eigenvalue weighted by molar-refractivity contribution is -0.132. The minimum Gasteiger partial charge on any atom is -0.497 e. The molecule has 1 unspecified atom stereocenters. The van der Waals surface area contributed by atoms with Crippen molar-refractivity contribution in [3.8, 4) is 11.5 Å². The van der Waals surface area contributed by atoms with Crippen LogP contribution in [0.4, 0.5) is 5.69 Å². The Labute approximate surface area is 204 Å². The molecule has 3 rings (SSSR count). The van der Waals surface area contributed by atoms with Crippen LogP contribution in [0.3, 0.4) is 0 Å². The second-order valence-corrected chi connectivity index (χ2v) is 7.89. The first kappa shape index (κ1) is 25.0. The summed E-state index contributed by atoms with van der Waals surface area (Å²) in [6.45, 7) is 4.49. The Morgan fingerprint density at radius 3 is 2.44 bits per heavy atom. The van der Waals surface area contributed by atoms with Gasteiger partial charge >= 0.3 is 0 Å². The molecule has 0 bridgehead atoms. The van der Waals surface area contributed by atoms with Gasteiger partial charge in [-0.3, -0.25) is 24.7 Å². The van der Waals surface area contributed by atoms with Crippen molar-refractivity contribution in [1.29, 1.82) is 0 Å². The molecule has 0 radical (unpaired) electrons. The maximum Gasteiger partial charge on any atom is 0.254 e. The van der Waals surface area contributed by atoms with Gasteiger partial charge in [-0.1, -0.05) is 18.2 Å². The van der Waals surface area contributed by atoms with E-state index in [9.17, 15) is 14.4 Å². The summed E-state index contributed by atoms with van der Waals surface area (Å²) >= 11 is 5.41. The van der Waals surface area contributed by atoms with Crippen molar-refractivity contribution in [1.82, 2.24) is 15.3 Å². The number of thiocarbonyl (C=S) groups is 1. The predicted molar refractivity (Wildman–Crippen MR) is 131 cm³/mol. The van der Waals surface area contributed by atoms with Crippen molar-refractivity contribution < 1.29 is 23.9 Å². The Hall–Kier alpha value is -3.66. The summed E-state index contributed by atoms with van der Waals surface area (Å²) in [6, 6.07) is 13.1. The second kappa shape index (κ2) is 11.5. The van der Waals surface area contributed by atoms with Gasteiger partial charge in [0, 0.05) is 18.3 Å². The molecule has 2 aromatic rings. The zero-order valence-corrected chi connectivity index (χ0v) is 20.2. The van der Waals surface area contributed by atoms with E-state index in [1.165, 1.54) is 9.91 Å². The molecule has 0 aromatic heterocycles. The van der Waals surface area contributed by atoms with Gasteiger partial charge in [0.1, 0.15) is 17.5 Å². The molecule has 1 aliphatic rings. The van der Waals surface area contributed by atoms with Gasteiger partial charge in [-0.2, -0.15) is 0 Å². The van der Waals surface area contributed by atoms with Crippen LogP contribution in [0.25, 0.3) is 0 Å². The number of nitrogens with one attached hydrogen (secondary N) is 2. The number of likely N-dealkylation sites (N-methyl/N-ethyl adjacent to an activating group) is 1. The number of methoxy groups -OCH3 is 1. The van der Waals surface area contributed by atoms with Crippen LogP contribution in [0.5, 0.6) is 11.5 Å². The number of amides is 3. The third-order valence-corrected chi connectivity index (χ3v) is 5.61. The molecule has 0 aliphatic carbocycles. The van der Waals surface area contributed by atoms with Crippen molar-refractivity contribution in [2.75, 3.05) is 25.6 Å². The maximum atomic E-state index is 12.9. The third kappa shape index (κ3) is 6.02. The molecule has 1 atom stereocenters.